The predicted octanol–water partition coefficient (Wildman–Crippen LogP) is 1.53. The maximum Gasteiger partial charge on any atom is 0.254 e. The Morgan fingerprint density at radius 3 is 2.53 bits per heavy atom. The van der Waals surface area contributed by atoms with Crippen LogP contribution in [0.1, 0.15) is 24.2 Å². The van der Waals surface area contributed by atoms with Crippen LogP contribution < -0.4 is 10.5 Å². The van der Waals surface area contributed by atoms with Crippen molar-refractivity contribution in [3.8, 4) is 5.75 Å². The molecule has 0 radical (unpaired) electrons. The molecule has 0 aromatic heterocycles. The topological polar surface area (TPSA) is 64.8 Å². The molecule has 0 spiro atoms. The molecule has 0 aliphatic carbocycles. The van der Waals surface area contributed by atoms with E-state index in [1.165, 1.54) is 0 Å². The second kappa shape index (κ2) is 5.48. The van der Waals surface area contributed by atoms with Gasteiger partial charge in [-0.3, -0.25) is 4.79 Å². The fourth-order valence-electron chi connectivity index (χ4n) is 2.39. The van der Waals surface area contributed by atoms with E-state index in [2.05, 4.69) is 0 Å². The molecule has 0 unspecified atom stereocenters. The van der Waals surface area contributed by atoms with Gasteiger partial charge in [-0.05, 0) is 32.0 Å². The lowest BCUT2D eigenvalue weighted by Crippen LogP contribution is -2.48. The van der Waals surface area contributed by atoms with E-state index >= 15 is 0 Å². The van der Waals surface area contributed by atoms with Crippen LogP contribution in [-0.2, 0) is 4.74 Å². The van der Waals surface area contributed by atoms with Crippen LogP contribution in [0.25, 0.3) is 0 Å². The number of rotatable bonds is 2. The number of ether oxygens (including phenoxy) is 2. The van der Waals surface area contributed by atoms with Crippen molar-refractivity contribution in [3.63, 3.8) is 0 Å². The third-order valence-corrected chi connectivity index (χ3v) is 3.18. The molecule has 2 rings (SSSR count). The second-order valence-corrected chi connectivity index (χ2v) is 4.92. The van der Waals surface area contributed by atoms with Crippen molar-refractivity contribution in [3.05, 3.63) is 23.8 Å². The molecule has 2 atom stereocenters. The van der Waals surface area contributed by atoms with Crippen LogP contribution >= 0.6 is 0 Å². The lowest BCUT2D eigenvalue weighted by molar-refractivity contribution is -0.0586. The first-order valence-corrected chi connectivity index (χ1v) is 6.39. The minimum absolute atomic E-state index is 0.0173. The number of carbonyl (C=O) groups is 1. The zero-order chi connectivity index (χ0) is 14.0. The summed E-state index contributed by atoms with van der Waals surface area (Å²) in [5.41, 5.74) is 6.89. The van der Waals surface area contributed by atoms with Crippen molar-refractivity contribution in [1.29, 1.82) is 0 Å². The number of nitrogen functional groups attached to an aromatic ring is 1. The first kappa shape index (κ1) is 13.7. The molecule has 5 heteroatoms. The fraction of sp³-hybridized carbons (Fsp3) is 0.500. The first-order valence-electron chi connectivity index (χ1n) is 6.39. The molecule has 1 saturated heterocycles. The van der Waals surface area contributed by atoms with Gasteiger partial charge in [-0.1, -0.05) is 0 Å². The van der Waals surface area contributed by atoms with Gasteiger partial charge in [0, 0.05) is 18.7 Å². The monoisotopic (exact) mass is 264 g/mol. The highest BCUT2D eigenvalue weighted by atomic mass is 16.5. The summed E-state index contributed by atoms with van der Waals surface area (Å²) in [5.74, 6) is 0.566. The summed E-state index contributed by atoms with van der Waals surface area (Å²) in [6.45, 7) is 5.15. The molecule has 5 nitrogen and oxygen atoms in total. The zero-order valence-electron chi connectivity index (χ0n) is 11.6. The number of morpholine rings is 1. The van der Waals surface area contributed by atoms with Gasteiger partial charge in [0.15, 0.2) is 0 Å². The van der Waals surface area contributed by atoms with Crippen molar-refractivity contribution in [2.45, 2.75) is 26.1 Å². The Morgan fingerprint density at radius 2 is 2.00 bits per heavy atom. The Labute approximate surface area is 113 Å². The van der Waals surface area contributed by atoms with Gasteiger partial charge in [0.25, 0.3) is 5.91 Å². The van der Waals surface area contributed by atoms with Crippen LogP contribution in [0.4, 0.5) is 5.69 Å². The number of hydrogen-bond donors (Lipinski definition) is 1. The lowest BCUT2D eigenvalue weighted by atomic mass is 10.1. The average molecular weight is 264 g/mol. The Hall–Kier alpha value is -1.75. The predicted molar refractivity (Wildman–Crippen MR) is 73.3 cm³/mol. The summed E-state index contributed by atoms with van der Waals surface area (Å²) in [4.78, 5) is 14.2. The molecule has 19 heavy (non-hydrogen) atoms. The van der Waals surface area contributed by atoms with Gasteiger partial charge in [-0.2, -0.15) is 0 Å². The Kier molecular flexibility index (Phi) is 3.95. The van der Waals surface area contributed by atoms with Crippen molar-refractivity contribution in [2.24, 2.45) is 0 Å². The van der Waals surface area contributed by atoms with E-state index in [9.17, 15) is 4.79 Å². The number of methoxy groups -OCH3 is 1. The summed E-state index contributed by atoms with van der Waals surface area (Å²) < 4.78 is 10.7. The van der Waals surface area contributed by atoms with Crippen LogP contribution in [-0.4, -0.2) is 43.2 Å². The first-order chi connectivity index (χ1) is 9.01. The summed E-state index contributed by atoms with van der Waals surface area (Å²) in [6.07, 6.45) is 0.117. The van der Waals surface area contributed by atoms with Gasteiger partial charge in [0.2, 0.25) is 0 Å². The highest BCUT2D eigenvalue weighted by Crippen LogP contribution is 2.23. The molecular weight excluding hydrogens is 244 g/mol. The number of nitrogens with two attached hydrogens (primary N) is 1. The van der Waals surface area contributed by atoms with Gasteiger partial charge in [-0.25, -0.2) is 0 Å². The van der Waals surface area contributed by atoms with E-state index in [0.717, 1.165) is 0 Å². The van der Waals surface area contributed by atoms with E-state index in [1.54, 1.807) is 30.2 Å². The molecule has 1 aromatic rings. The van der Waals surface area contributed by atoms with E-state index in [0.29, 0.717) is 30.1 Å². The Balaban J connectivity index is 2.17. The van der Waals surface area contributed by atoms with Gasteiger partial charge in [0.1, 0.15) is 5.75 Å². The van der Waals surface area contributed by atoms with E-state index in [4.69, 9.17) is 15.2 Å². The molecule has 1 fully saturated rings. The SMILES string of the molecule is COc1ccc(C(=O)N2C[C@H](C)O[C@@H](C)C2)cc1N. The Morgan fingerprint density at radius 1 is 1.37 bits per heavy atom. The van der Waals surface area contributed by atoms with Crippen LogP contribution in [0.3, 0.4) is 0 Å². The third-order valence-electron chi connectivity index (χ3n) is 3.18. The molecule has 2 N–H and O–H groups in total. The summed E-state index contributed by atoms with van der Waals surface area (Å²) in [5, 5.41) is 0. The molecule has 1 heterocycles. The van der Waals surface area contributed by atoms with Gasteiger partial charge in [0.05, 0.1) is 25.0 Å². The smallest absolute Gasteiger partial charge is 0.254 e. The van der Waals surface area contributed by atoms with Crippen LogP contribution in [0.5, 0.6) is 5.75 Å². The van der Waals surface area contributed by atoms with Crippen LogP contribution in [0, 0.1) is 0 Å². The van der Waals surface area contributed by atoms with Gasteiger partial charge < -0.3 is 20.1 Å². The minimum Gasteiger partial charge on any atom is -0.495 e. The summed E-state index contributed by atoms with van der Waals surface area (Å²) >= 11 is 0. The molecule has 1 amide bonds. The quantitative estimate of drug-likeness (QED) is 0.823. The van der Waals surface area contributed by atoms with Crippen LogP contribution in [0.2, 0.25) is 0 Å². The normalized spacial score (nSPS) is 23.2. The van der Waals surface area contributed by atoms with E-state index in [1.807, 2.05) is 13.8 Å². The number of carbonyl (C=O) groups excluding carboxylic acids is 1. The van der Waals surface area contributed by atoms with E-state index in [-0.39, 0.29) is 18.1 Å². The molecule has 104 valence electrons. The van der Waals surface area contributed by atoms with Gasteiger partial charge >= 0.3 is 0 Å². The standard InChI is InChI=1S/C14H20N2O3/c1-9-7-16(8-10(2)19-9)14(17)11-4-5-13(18-3)12(15)6-11/h4-6,9-10H,7-8,15H2,1-3H3/t9-,10-/m0/s1. The molecule has 1 aliphatic rings. The van der Waals surface area contributed by atoms with Crippen molar-refractivity contribution < 1.29 is 14.3 Å². The maximum absolute atomic E-state index is 12.4. The molecule has 0 saturated carbocycles. The largest absolute Gasteiger partial charge is 0.495 e. The lowest BCUT2D eigenvalue weighted by Gasteiger charge is -2.35. The Bertz CT molecular complexity index is 466. The molecule has 0 bridgehead atoms. The highest BCUT2D eigenvalue weighted by molar-refractivity contribution is 5.95. The summed E-state index contributed by atoms with van der Waals surface area (Å²) in [6, 6.07) is 5.12. The number of anilines is 1. The number of hydrogen-bond acceptors (Lipinski definition) is 4. The van der Waals surface area contributed by atoms with E-state index < -0.39 is 0 Å². The maximum atomic E-state index is 12.4. The second-order valence-electron chi connectivity index (χ2n) is 4.92. The number of amides is 1. The van der Waals surface area contributed by atoms with Gasteiger partial charge in [-0.15, -0.1) is 0 Å². The third kappa shape index (κ3) is 2.98. The average Bonchev–Trinajstić information content (AvgIpc) is 2.36. The van der Waals surface area contributed by atoms with Crippen molar-refractivity contribution in [1.82, 2.24) is 4.90 Å². The zero-order valence-corrected chi connectivity index (χ0v) is 11.6. The number of benzene rings is 1. The van der Waals surface area contributed by atoms with Crippen molar-refractivity contribution >= 4 is 11.6 Å². The summed E-state index contributed by atoms with van der Waals surface area (Å²) in [7, 11) is 1.55. The minimum atomic E-state index is -0.0173. The molecular formula is C14H20N2O3. The fourth-order valence-corrected chi connectivity index (χ4v) is 2.39. The highest BCUT2D eigenvalue weighted by Gasteiger charge is 2.26. The van der Waals surface area contributed by atoms with Crippen molar-refractivity contribution in [2.75, 3.05) is 25.9 Å². The number of nitrogens with zero attached hydrogens (tertiary/aromatic N) is 1. The molecule has 1 aliphatic heterocycles. The molecule has 1 aromatic carbocycles. The van der Waals surface area contributed by atoms with Crippen LogP contribution in [0.15, 0.2) is 18.2 Å².